The van der Waals surface area contributed by atoms with E-state index in [4.69, 9.17) is 33.2 Å². The SMILES string of the molecule is CCCOc1c2cc(C(C)(C)C)cc1Cc1cc(C(C)(C)C)cc3c1OCCOCCOCCOCCOc1c(cc(C(C)(C)C)cc1Cc1cc(C(C)(C)C)cc(c1OCCc1ccsc1)C3)C2. The van der Waals surface area contributed by atoms with Crippen molar-refractivity contribution in [2.45, 2.75) is 150 Å². The molecule has 7 rings (SSSR count). The largest absolute Gasteiger partial charge is 0.493 e. The monoisotopic (exact) mass is 959 g/mol. The minimum Gasteiger partial charge on any atom is -0.493 e. The zero-order valence-electron chi connectivity index (χ0n) is 44.4. The smallest absolute Gasteiger partial charge is 0.126 e. The van der Waals surface area contributed by atoms with Gasteiger partial charge < -0.3 is 33.2 Å². The standard InChI is InChI=1S/C61H82O7S/c1-14-17-65-54-42-28-46-36-52(60(8,9)10)38-48-30-44-34-51(59(5,6)7)35-45(55(44)66-18-15-41-16-27-69-40-41)31-49-39-53(61(11,12)13)37-47(29-43(54)33-50(32-42)58(2,3)4)57(49)68-26-24-64-22-20-62-19-21-63-23-25-67-56(46)48/h16,27,32-40H,14-15,17-26,28-31H2,1-13H3. The molecule has 2 heterocycles. The molecule has 1 aliphatic carbocycles. The van der Waals surface area contributed by atoms with Crippen LogP contribution in [0.25, 0.3) is 0 Å². The molecule has 1 aromatic heterocycles. The topological polar surface area (TPSA) is 64.6 Å². The van der Waals surface area contributed by atoms with Gasteiger partial charge in [0, 0.05) is 32.1 Å². The molecule has 1 aliphatic heterocycles. The Morgan fingerprint density at radius 2 is 0.754 bits per heavy atom. The summed E-state index contributed by atoms with van der Waals surface area (Å²) >= 11 is 1.73. The van der Waals surface area contributed by atoms with E-state index in [1.165, 1.54) is 27.8 Å². The maximum absolute atomic E-state index is 7.21. The number of hydrogen-bond acceptors (Lipinski definition) is 8. The molecule has 0 saturated carbocycles. The van der Waals surface area contributed by atoms with Crippen molar-refractivity contribution in [3.8, 4) is 23.0 Å². The first kappa shape index (κ1) is 52.5. The van der Waals surface area contributed by atoms with Gasteiger partial charge in [-0.2, -0.15) is 11.3 Å². The van der Waals surface area contributed by atoms with Crippen LogP contribution in [-0.2, 0) is 68.0 Å². The molecule has 0 fully saturated rings. The van der Waals surface area contributed by atoms with Crippen molar-refractivity contribution in [1.29, 1.82) is 0 Å². The molecule has 374 valence electrons. The summed E-state index contributed by atoms with van der Waals surface area (Å²) in [4.78, 5) is 0. The third-order valence-electron chi connectivity index (χ3n) is 13.3. The predicted octanol–water partition coefficient (Wildman–Crippen LogP) is 13.8. The highest BCUT2D eigenvalue weighted by Gasteiger charge is 2.29. The van der Waals surface area contributed by atoms with Crippen LogP contribution in [0.5, 0.6) is 23.0 Å². The van der Waals surface area contributed by atoms with Gasteiger partial charge in [0.15, 0.2) is 0 Å². The average Bonchev–Trinajstić information content (AvgIpc) is 3.78. The van der Waals surface area contributed by atoms with Crippen molar-refractivity contribution < 1.29 is 33.2 Å². The van der Waals surface area contributed by atoms with Crippen molar-refractivity contribution in [1.82, 2.24) is 0 Å². The highest BCUT2D eigenvalue weighted by molar-refractivity contribution is 7.07. The van der Waals surface area contributed by atoms with Crippen molar-refractivity contribution in [2.75, 3.05) is 66.1 Å². The van der Waals surface area contributed by atoms with Crippen LogP contribution in [0.15, 0.2) is 65.4 Å². The van der Waals surface area contributed by atoms with Crippen LogP contribution in [0.3, 0.4) is 0 Å². The molecule has 0 N–H and O–H groups in total. The van der Waals surface area contributed by atoms with Crippen LogP contribution < -0.4 is 18.9 Å². The maximum Gasteiger partial charge on any atom is 0.126 e. The van der Waals surface area contributed by atoms with Crippen LogP contribution in [-0.4, -0.2) is 66.1 Å². The maximum atomic E-state index is 7.21. The molecule has 0 amide bonds. The summed E-state index contributed by atoms with van der Waals surface area (Å²) in [6.45, 7) is 34.7. The highest BCUT2D eigenvalue weighted by atomic mass is 32.1. The van der Waals surface area contributed by atoms with Gasteiger partial charge in [-0.15, -0.1) is 0 Å². The van der Waals surface area contributed by atoms with Gasteiger partial charge in [0.1, 0.15) is 36.2 Å². The van der Waals surface area contributed by atoms with Gasteiger partial charge in [0.25, 0.3) is 0 Å². The van der Waals surface area contributed by atoms with Gasteiger partial charge in [-0.3, -0.25) is 0 Å². The fourth-order valence-electron chi connectivity index (χ4n) is 9.22. The second-order valence-electron chi connectivity index (χ2n) is 23.3. The molecular formula is C61H82O7S. The Kier molecular flexibility index (Phi) is 17.0. The van der Waals surface area contributed by atoms with E-state index in [9.17, 15) is 0 Å². The molecule has 2 aliphatic rings. The van der Waals surface area contributed by atoms with Crippen LogP contribution in [0.4, 0.5) is 0 Å². The lowest BCUT2D eigenvalue weighted by Gasteiger charge is -2.29. The second-order valence-corrected chi connectivity index (χ2v) is 24.1. The lowest BCUT2D eigenvalue weighted by molar-refractivity contribution is 0.00484. The summed E-state index contributed by atoms with van der Waals surface area (Å²) in [5.74, 6) is 3.70. The van der Waals surface area contributed by atoms with Crippen LogP contribution in [0, 0.1) is 0 Å². The van der Waals surface area contributed by atoms with Gasteiger partial charge in [0.2, 0.25) is 0 Å². The third kappa shape index (κ3) is 13.8. The van der Waals surface area contributed by atoms with Gasteiger partial charge in [-0.05, 0) is 117 Å². The minimum absolute atomic E-state index is 0.125. The van der Waals surface area contributed by atoms with E-state index >= 15 is 0 Å². The first-order chi connectivity index (χ1) is 32.7. The van der Waals surface area contributed by atoms with E-state index in [1.54, 1.807) is 11.3 Å². The zero-order valence-corrected chi connectivity index (χ0v) is 45.2. The van der Waals surface area contributed by atoms with Gasteiger partial charge >= 0.3 is 0 Å². The molecule has 5 aromatic rings. The number of ether oxygens (including phenoxy) is 7. The summed E-state index contributed by atoms with van der Waals surface area (Å²) in [7, 11) is 0. The molecule has 10 bridgehead atoms. The van der Waals surface area contributed by atoms with Crippen molar-refractivity contribution >= 4 is 11.3 Å². The van der Waals surface area contributed by atoms with E-state index < -0.39 is 0 Å². The Labute approximate surface area is 419 Å². The Morgan fingerprint density at radius 3 is 1.06 bits per heavy atom. The predicted molar refractivity (Wildman–Crippen MR) is 285 cm³/mol. The number of thiophene rings is 1. The summed E-state index contributed by atoms with van der Waals surface area (Å²) < 4.78 is 46.6. The Balaban J connectivity index is 1.60. The molecular weight excluding hydrogens is 877 g/mol. The van der Waals surface area contributed by atoms with Gasteiger partial charge in [0.05, 0.1) is 52.9 Å². The Morgan fingerprint density at radius 1 is 0.435 bits per heavy atom. The second kappa shape index (κ2) is 22.4. The molecule has 0 unspecified atom stereocenters. The molecule has 69 heavy (non-hydrogen) atoms. The van der Waals surface area contributed by atoms with E-state index in [0.717, 1.165) is 80.3 Å². The number of hydrogen-bond donors (Lipinski definition) is 0. The summed E-state index contributed by atoms with van der Waals surface area (Å²) in [5, 5.41) is 4.38. The fraction of sp³-hybridized carbons (Fsp3) is 0.541. The number of benzene rings is 4. The van der Waals surface area contributed by atoms with Crippen molar-refractivity contribution in [3.63, 3.8) is 0 Å². The summed E-state index contributed by atoms with van der Waals surface area (Å²) in [6.07, 6.45) is 4.21. The summed E-state index contributed by atoms with van der Waals surface area (Å²) in [6, 6.07) is 21.4. The van der Waals surface area contributed by atoms with Gasteiger partial charge in [-0.25, -0.2) is 0 Å². The van der Waals surface area contributed by atoms with Crippen LogP contribution in [0.2, 0.25) is 0 Å². The van der Waals surface area contributed by atoms with Crippen molar-refractivity contribution in [3.05, 3.63) is 138 Å². The fourth-order valence-corrected chi connectivity index (χ4v) is 9.92. The lowest BCUT2D eigenvalue weighted by Crippen LogP contribution is -2.19. The molecule has 0 saturated heterocycles. The van der Waals surface area contributed by atoms with Crippen molar-refractivity contribution in [2.24, 2.45) is 0 Å². The molecule has 0 atom stereocenters. The number of fused-ring (bicyclic) bond motifs is 2. The molecule has 0 radical (unpaired) electrons. The van der Waals surface area contributed by atoms with Crippen LogP contribution >= 0.6 is 11.3 Å². The Bertz CT molecular complexity index is 2360. The quantitative estimate of drug-likeness (QED) is 0.158. The molecule has 4 aromatic carbocycles. The van der Waals surface area contributed by atoms with Crippen LogP contribution in [0.1, 0.15) is 169 Å². The Hall–Kier alpha value is -4.34. The normalized spacial score (nSPS) is 15.8. The lowest BCUT2D eigenvalue weighted by atomic mass is 9.79. The first-order valence-corrected chi connectivity index (χ1v) is 26.5. The first-order valence-electron chi connectivity index (χ1n) is 25.6. The average molecular weight is 959 g/mol. The van der Waals surface area contributed by atoms with E-state index in [1.807, 2.05) is 0 Å². The van der Waals surface area contributed by atoms with E-state index in [-0.39, 0.29) is 21.7 Å². The number of rotatable bonds is 7. The minimum atomic E-state index is -0.138. The molecule has 0 spiro atoms. The zero-order chi connectivity index (χ0) is 49.6. The highest BCUT2D eigenvalue weighted by Crippen LogP contribution is 2.44. The molecule has 8 heteroatoms. The third-order valence-corrected chi connectivity index (χ3v) is 14.1. The van der Waals surface area contributed by atoms with Gasteiger partial charge in [-0.1, -0.05) is 139 Å². The van der Waals surface area contributed by atoms with E-state index in [2.05, 4.69) is 155 Å². The summed E-state index contributed by atoms with van der Waals surface area (Å²) in [5.41, 5.74) is 15.0. The molecule has 7 nitrogen and oxygen atoms in total. The van der Waals surface area contributed by atoms with E-state index in [0.29, 0.717) is 91.8 Å².